The highest BCUT2D eigenvalue weighted by Gasteiger charge is 2.28. The van der Waals surface area contributed by atoms with Crippen molar-refractivity contribution in [1.29, 1.82) is 0 Å². The molecule has 1 unspecified atom stereocenters. The number of ether oxygens (including phenoxy) is 1. The molecule has 1 aliphatic rings. The Morgan fingerprint density at radius 1 is 1.13 bits per heavy atom. The Hall–Kier alpha value is -0.820. The molecule has 1 nitrogen and oxygen atoms in total. The first-order valence-corrected chi connectivity index (χ1v) is 5.85. The van der Waals surface area contributed by atoms with E-state index in [1.54, 1.807) is 0 Å². The van der Waals surface area contributed by atoms with Crippen LogP contribution in [0.25, 0.3) is 0 Å². The second-order valence-electron chi connectivity index (χ2n) is 4.78. The van der Waals surface area contributed by atoms with E-state index in [0.717, 1.165) is 12.3 Å². The van der Waals surface area contributed by atoms with Crippen molar-refractivity contribution in [3.05, 3.63) is 35.4 Å². The molecule has 2 atom stereocenters. The van der Waals surface area contributed by atoms with E-state index in [9.17, 15) is 0 Å². The van der Waals surface area contributed by atoms with Gasteiger partial charge in [0, 0.05) is 7.11 Å². The van der Waals surface area contributed by atoms with Crippen LogP contribution in [-0.2, 0) is 4.74 Å². The summed E-state index contributed by atoms with van der Waals surface area (Å²) in [6.45, 7) is 4.63. The molecule has 0 N–H and O–H groups in total. The molecule has 82 valence electrons. The summed E-state index contributed by atoms with van der Waals surface area (Å²) < 4.78 is 5.55. The van der Waals surface area contributed by atoms with E-state index < -0.39 is 0 Å². The largest absolute Gasteiger partial charge is 0.377 e. The minimum Gasteiger partial charge on any atom is -0.377 e. The molecule has 0 heterocycles. The van der Waals surface area contributed by atoms with Gasteiger partial charge in [0.2, 0.25) is 0 Å². The van der Waals surface area contributed by atoms with Crippen molar-refractivity contribution in [2.45, 2.75) is 38.7 Å². The first-order chi connectivity index (χ1) is 7.24. The highest BCUT2D eigenvalue weighted by Crippen LogP contribution is 2.42. The molecule has 1 heteroatoms. The van der Waals surface area contributed by atoms with E-state index in [2.05, 4.69) is 38.1 Å². The standard InChI is InChI=1S/C14H20O/c1-10(2)11-8-9-14(15-3)13-7-5-4-6-12(11)13/h4-7,10-11,14H,8-9H2,1-3H3/t11?,14-/m0/s1. The summed E-state index contributed by atoms with van der Waals surface area (Å²) in [5.41, 5.74) is 2.91. The molecule has 0 saturated heterocycles. The van der Waals surface area contributed by atoms with E-state index in [0.29, 0.717) is 12.0 Å². The molecule has 1 aromatic carbocycles. The van der Waals surface area contributed by atoms with Gasteiger partial charge in [-0.2, -0.15) is 0 Å². The predicted molar refractivity (Wildman–Crippen MR) is 63.0 cm³/mol. The summed E-state index contributed by atoms with van der Waals surface area (Å²) in [5, 5.41) is 0. The Bertz CT molecular complexity index is 330. The van der Waals surface area contributed by atoms with Crippen molar-refractivity contribution in [2.75, 3.05) is 7.11 Å². The quantitative estimate of drug-likeness (QED) is 0.709. The third-order valence-electron chi connectivity index (χ3n) is 3.57. The second-order valence-corrected chi connectivity index (χ2v) is 4.78. The van der Waals surface area contributed by atoms with Crippen LogP contribution in [-0.4, -0.2) is 7.11 Å². The third-order valence-corrected chi connectivity index (χ3v) is 3.57. The fourth-order valence-corrected chi connectivity index (χ4v) is 2.72. The number of fused-ring (bicyclic) bond motifs is 1. The van der Waals surface area contributed by atoms with Crippen molar-refractivity contribution in [2.24, 2.45) is 5.92 Å². The smallest absolute Gasteiger partial charge is 0.0824 e. The van der Waals surface area contributed by atoms with Crippen molar-refractivity contribution in [3.63, 3.8) is 0 Å². The van der Waals surface area contributed by atoms with Gasteiger partial charge in [-0.3, -0.25) is 0 Å². The van der Waals surface area contributed by atoms with Gasteiger partial charge in [0.05, 0.1) is 6.10 Å². The molecule has 0 aliphatic heterocycles. The van der Waals surface area contributed by atoms with Crippen molar-refractivity contribution < 1.29 is 4.74 Å². The van der Waals surface area contributed by atoms with E-state index in [1.165, 1.54) is 17.5 Å². The maximum absolute atomic E-state index is 5.55. The summed E-state index contributed by atoms with van der Waals surface area (Å²) in [7, 11) is 1.82. The van der Waals surface area contributed by atoms with Crippen LogP contribution >= 0.6 is 0 Å². The zero-order chi connectivity index (χ0) is 10.8. The number of rotatable bonds is 2. The van der Waals surface area contributed by atoms with Gasteiger partial charge in [-0.1, -0.05) is 38.1 Å². The van der Waals surface area contributed by atoms with Gasteiger partial charge in [-0.25, -0.2) is 0 Å². The maximum Gasteiger partial charge on any atom is 0.0824 e. The van der Waals surface area contributed by atoms with Crippen LogP contribution in [0.2, 0.25) is 0 Å². The predicted octanol–water partition coefficient (Wildman–Crippen LogP) is 3.91. The van der Waals surface area contributed by atoms with Gasteiger partial charge < -0.3 is 4.74 Å². The molecule has 0 bridgehead atoms. The minimum absolute atomic E-state index is 0.316. The molecule has 0 saturated carbocycles. The van der Waals surface area contributed by atoms with Gasteiger partial charge in [-0.05, 0) is 35.8 Å². The molecular weight excluding hydrogens is 184 g/mol. The fourth-order valence-electron chi connectivity index (χ4n) is 2.72. The Morgan fingerprint density at radius 2 is 1.80 bits per heavy atom. The Labute approximate surface area is 92.5 Å². The van der Waals surface area contributed by atoms with Crippen LogP contribution < -0.4 is 0 Å². The van der Waals surface area contributed by atoms with Crippen LogP contribution in [0.15, 0.2) is 24.3 Å². The highest BCUT2D eigenvalue weighted by atomic mass is 16.5. The van der Waals surface area contributed by atoms with Crippen molar-refractivity contribution in [3.8, 4) is 0 Å². The third kappa shape index (κ3) is 1.93. The van der Waals surface area contributed by atoms with Crippen LogP contribution in [0.4, 0.5) is 0 Å². The lowest BCUT2D eigenvalue weighted by molar-refractivity contribution is 0.0815. The van der Waals surface area contributed by atoms with E-state index >= 15 is 0 Å². The molecule has 0 amide bonds. The van der Waals surface area contributed by atoms with Gasteiger partial charge in [0.25, 0.3) is 0 Å². The highest BCUT2D eigenvalue weighted by molar-refractivity contribution is 5.34. The first-order valence-electron chi connectivity index (χ1n) is 5.85. The average Bonchev–Trinajstić information content (AvgIpc) is 2.27. The number of benzene rings is 1. The maximum atomic E-state index is 5.55. The van der Waals surface area contributed by atoms with Gasteiger partial charge in [-0.15, -0.1) is 0 Å². The molecule has 0 aromatic heterocycles. The van der Waals surface area contributed by atoms with E-state index in [1.807, 2.05) is 7.11 Å². The monoisotopic (exact) mass is 204 g/mol. The summed E-state index contributed by atoms with van der Waals surface area (Å²) in [5.74, 6) is 1.44. The Balaban J connectivity index is 2.39. The molecule has 0 fully saturated rings. The Kier molecular flexibility index (Phi) is 3.11. The SMILES string of the molecule is CO[C@H]1CCC(C(C)C)c2ccccc21. The first kappa shape index (κ1) is 10.7. The molecule has 2 rings (SSSR count). The molecule has 1 aliphatic carbocycles. The molecule has 15 heavy (non-hydrogen) atoms. The van der Waals surface area contributed by atoms with E-state index in [-0.39, 0.29) is 0 Å². The lowest BCUT2D eigenvalue weighted by atomic mass is 9.76. The van der Waals surface area contributed by atoms with Gasteiger partial charge in [0.1, 0.15) is 0 Å². The summed E-state index contributed by atoms with van der Waals surface area (Å²) in [4.78, 5) is 0. The van der Waals surface area contributed by atoms with E-state index in [4.69, 9.17) is 4.74 Å². The van der Waals surface area contributed by atoms with Crippen LogP contribution in [0.3, 0.4) is 0 Å². The zero-order valence-electron chi connectivity index (χ0n) is 9.86. The summed E-state index contributed by atoms with van der Waals surface area (Å²) >= 11 is 0. The fraction of sp³-hybridized carbons (Fsp3) is 0.571. The lowest BCUT2D eigenvalue weighted by Crippen LogP contribution is -2.19. The number of hydrogen-bond donors (Lipinski definition) is 0. The lowest BCUT2D eigenvalue weighted by Gasteiger charge is -2.33. The molecule has 1 aromatic rings. The van der Waals surface area contributed by atoms with Crippen molar-refractivity contribution in [1.82, 2.24) is 0 Å². The summed E-state index contributed by atoms with van der Waals surface area (Å²) in [6.07, 6.45) is 2.74. The number of hydrogen-bond acceptors (Lipinski definition) is 1. The zero-order valence-corrected chi connectivity index (χ0v) is 9.86. The average molecular weight is 204 g/mol. The van der Waals surface area contributed by atoms with Crippen LogP contribution in [0.5, 0.6) is 0 Å². The van der Waals surface area contributed by atoms with Crippen molar-refractivity contribution >= 4 is 0 Å². The summed E-state index contributed by atoms with van der Waals surface area (Å²) in [6, 6.07) is 8.75. The second kappa shape index (κ2) is 4.36. The minimum atomic E-state index is 0.316. The van der Waals surface area contributed by atoms with Gasteiger partial charge in [0.15, 0.2) is 0 Å². The topological polar surface area (TPSA) is 9.23 Å². The van der Waals surface area contributed by atoms with Crippen LogP contribution in [0, 0.1) is 5.92 Å². The molecule has 0 spiro atoms. The normalized spacial score (nSPS) is 25.3. The Morgan fingerprint density at radius 3 is 2.40 bits per heavy atom. The molecular formula is C14H20O. The van der Waals surface area contributed by atoms with Crippen LogP contribution in [0.1, 0.15) is 49.8 Å². The number of methoxy groups -OCH3 is 1. The molecule has 0 radical (unpaired) electrons. The van der Waals surface area contributed by atoms with Gasteiger partial charge >= 0.3 is 0 Å².